The highest BCUT2D eigenvalue weighted by atomic mass is 19.1. The van der Waals surface area contributed by atoms with Gasteiger partial charge in [-0.05, 0) is 12.1 Å². The number of nitrogens with zero attached hydrogens (tertiary/aromatic N) is 1. The van der Waals surface area contributed by atoms with Gasteiger partial charge in [0.1, 0.15) is 11.6 Å². The van der Waals surface area contributed by atoms with Crippen LogP contribution in [-0.4, -0.2) is 23.2 Å². The van der Waals surface area contributed by atoms with Crippen molar-refractivity contribution >= 4 is 16.9 Å². The zero-order chi connectivity index (χ0) is 11.7. The number of halogens is 1. The number of methoxy groups -OCH3 is 1. The van der Waals surface area contributed by atoms with E-state index < -0.39 is 11.8 Å². The summed E-state index contributed by atoms with van der Waals surface area (Å²) in [6.07, 6.45) is 0. The molecule has 0 unspecified atom stereocenters. The number of rotatable bonds is 1. The van der Waals surface area contributed by atoms with E-state index in [2.05, 4.69) is 9.72 Å². The van der Waals surface area contributed by atoms with Gasteiger partial charge in [-0.15, -0.1) is 0 Å². The largest absolute Gasteiger partial charge is 0.507 e. The van der Waals surface area contributed by atoms with E-state index in [0.29, 0.717) is 5.39 Å². The van der Waals surface area contributed by atoms with Gasteiger partial charge in [0.15, 0.2) is 5.69 Å². The maximum atomic E-state index is 12.9. The first-order valence-corrected chi connectivity index (χ1v) is 4.49. The molecule has 0 amide bonds. The molecule has 5 heteroatoms. The Morgan fingerprint density at radius 2 is 2.19 bits per heavy atom. The van der Waals surface area contributed by atoms with Crippen LogP contribution in [0.1, 0.15) is 10.5 Å². The summed E-state index contributed by atoms with van der Waals surface area (Å²) in [7, 11) is 1.21. The molecule has 0 bridgehead atoms. The van der Waals surface area contributed by atoms with Gasteiger partial charge in [-0.2, -0.15) is 0 Å². The molecular weight excluding hydrogens is 213 g/mol. The molecule has 0 saturated heterocycles. The molecule has 82 valence electrons. The van der Waals surface area contributed by atoms with Gasteiger partial charge in [0.05, 0.1) is 12.6 Å². The van der Waals surface area contributed by atoms with Gasteiger partial charge in [-0.3, -0.25) is 0 Å². The minimum absolute atomic E-state index is 0.0573. The van der Waals surface area contributed by atoms with Gasteiger partial charge in [0.2, 0.25) is 0 Å². The number of aromatic nitrogens is 1. The van der Waals surface area contributed by atoms with E-state index in [9.17, 15) is 14.3 Å². The summed E-state index contributed by atoms with van der Waals surface area (Å²) in [4.78, 5) is 15.1. The number of hydrogen-bond acceptors (Lipinski definition) is 4. The molecule has 0 spiro atoms. The van der Waals surface area contributed by atoms with Crippen molar-refractivity contribution in [1.29, 1.82) is 0 Å². The van der Waals surface area contributed by atoms with Crippen LogP contribution in [0, 0.1) is 5.82 Å². The number of benzene rings is 1. The van der Waals surface area contributed by atoms with Crippen LogP contribution in [0.25, 0.3) is 10.9 Å². The molecule has 0 atom stereocenters. The molecule has 0 radical (unpaired) electrons. The molecule has 4 nitrogen and oxygen atoms in total. The maximum absolute atomic E-state index is 12.9. The summed E-state index contributed by atoms with van der Waals surface area (Å²) in [5.41, 5.74) is 0.151. The fraction of sp³-hybridized carbons (Fsp3) is 0.0909. The van der Waals surface area contributed by atoms with Crippen molar-refractivity contribution in [1.82, 2.24) is 4.98 Å². The molecule has 16 heavy (non-hydrogen) atoms. The van der Waals surface area contributed by atoms with Crippen molar-refractivity contribution < 1.29 is 19.0 Å². The molecular formula is C11H8FNO3. The lowest BCUT2D eigenvalue weighted by atomic mass is 10.2. The third-order valence-corrected chi connectivity index (χ3v) is 2.14. The average molecular weight is 221 g/mol. The van der Waals surface area contributed by atoms with E-state index >= 15 is 0 Å². The van der Waals surface area contributed by atoms with Crippen LogP contribution in [0.5, 0.6) is 5.75 Å². The Morgan fingerprint density at radius 1 is 1.44 bits per heavy atom. The zero-order valence-electron chi connectivity index (χ0n) is 8.40. The third kappa shape index (κ3) is 1.67. The lowest BCUT2D eigenvalue weighted by Gasteiger charge is -2.03. The number of ether oxygens (including phenoxy) is 1. The predicted molar refractivity (Wildman–Crippen MR) is 54.7 cm³/mol. The Labute approximate surface area is 90.3 Å². The molecule has 2 aromatic rings. The first-order chi connectivity index (χ1) is 7.61. The highest BCUT2D eigenvalue weighted by Crippen LogP contribution is 2.24. The van der Waals surface area contributed by atoms with Crippen molar-refractivity contribution in [3.05, 3.63) is 35.8 Å². The monoisotopic (exact) mass is 221 g/mol. The van der Waals surface area contributed by atoms with E-state index in [1.807, 2.05) is 0 Å². The Morgan fingerprint density at radius 3 is 2.88 bits per heavy atom. The first kappa shape index (κ1) is 10.4. The number of fused-ring (bicyclic) bond motifs is 1. The number of aromatic hydroxyl groups is 1. The van der Waals surface area contributed by atoms with E-state index in [0.717, 1.165) is 6.07 Å². The SMILES string of the molecule is COC(=O)c1cc(O)c2ccc(F)cc2n1. The molecule has 2 rings (SSSR count). The van der Waals surface area contributed by atoms with Gasteiger partial charge < -0.3 is 9.84 Å². The Balaban J connectivity index is 2.69. The van der Waals surface area contributed by atoms with Crippen LogP contribution >= 0.6 is 0 Å². The summed E-state index contributed by atoms with van der Waals surface area (Å²) in [6.45, 7) is 0. The standard InChI is InChI=1S/C11H8FNO3/c1-16-11(15)9-5-10(14)7-3-2-6(12)4-8(7)13-9/h2-5H,1H3,(H,13,14). The van der Waals surface area contributed by atoms with Crippen molar-refractivity contribution in [2.45, 2.75) is 0 Å². The highest BCUT2D eigenvalue weighted by Gasteiger charge is 2.12. The van der Waals surface area contributed by atoms with Crippen LogP contribution in [0.3, 0.4) is 0 Å². The molecule has 0 saturated carbocycles. The van der Waals surface area contributed by atoms with Gasteiger partial charge >= 0.3 is 5.97 Å². The van der Waals surface area contributed by atoms with E-state index in [4.69, 9.17) is 0 Å². The Hall–Kier alpha value is -2.17. The number of pyridine rings is 1. The second-order valence-electron chi connectivity index (χ2n) is 3.18. The fourth-order valence-electron chi connectivity index (χ4n) is 1.39. The number of hydrogen-bond donors (Lipinski definition) is 1. The molecule has 1 aromatic heterocycles. The van der Waals surface area contributed by atoms with Crippen molar-refractivity contribution in [3.8, 4) is 5.75 Å². The van der Waals surface area contributed by atoms with E-state index in [1.54, 1.807) is 0 Å². The van der Waals surface area contributed by atoms with Gasteiger partial charge in [0, 0.05) is 17.5 Å². The second kappa shape index (κ2) is 3.77. The lowest BCUT2D eigenvalue weighted by molar-refractivity contribution is 0.0594. The summed E-state index contributed by atoms with van der Waals surface area (Å²) in [6, 6.07) is 4.93. The Kier molecular flexibility index (Phi) is 2.44. The summed E-state index contributed by atoms with van der Waals surface area (Å²) in [5.74, 6) is -1.30. The number of carbonyl (C=O) groups is 1. The van der Waals surface area contributed by atoms with Gasteiger partial charge in [-0.1, -0.05) is 0 Å². The van der Waals surface area contributed by atoms with Crippen LogP contribution in [-0.2, 0) is 4.74 Å². The normalized spacial score (nSPS) is 10.4. The fourth-order valence-corrected chi connectivity index (χ4v) is 1.39. The summed E-state index contributed by atoms with van der Waals surface area (Å²) >= 11 is 0. The van der Waals surface area contributed by atoms with Gasteiger partial charge in [-0.25, -0.2) is 14.2 Å². The lowest BCUT2D eigenvalue weighted by Crippen LogP contribution is -2.04. The number of esters is 1. The molecule has 0 fully saturated rings. The van der Waals surface area contributed by atoms with Crippen molar-refractivity contribution in [2.24, 2.45) is 0 Å². The van der Waals surface area contributed by atoms with E-state index in [1.165, 1.54) is 25.3 Å². The van der Waals surface area contributed by atoms with Crippen LogP contribution in [0.2, 0.25) is 0 Å². The molecule has 1 heterocycles. The third-order valence-electron chi connectivity index (χ3n) is 2.14. The minimum Gasteiger partial charge on any atom is -0.507 e. The topological polar surface area (TPSA) is 59.4 Å². The van der Waals surface area contributed by atoms with Crippen LogP contribution in [0.4, 0.5) is 4.39 Å². The van der Waals surface area contributed by atoms with Crippen molar-refractivity contribution in [3.63, 3.8) is 0 Å². The molecule has 1 N–H and O–H groups in total. The minimum atomic E-state index is -0.679. The maximum Gasteiger partial charge on any atom is 0.356 e. The second-order valence-corrected chi connectivity index (χ2v) is 3.18. The number of carbonyl (C=O) groups excluding carboxylic acids is 1. The van der Waals surface area contributed by atoms with E-state index in [-0.39, 0.29) is 17.0 Å². The quantitative estimate of drug-likeness (QED) is 0.747. The van der Waals surface area contributed by atoms with Gasteiger partial charge in [0.25, 0.3) is 0 Å². The Bertz CT molecular complexity index is 568. The van der Waals surface area contributed by atoms with Crippen molar-refractivity contribution in [2.75, 3.05) is 7.11 Å². The highest BCUT2D eigenvalue weighted by molar-refractivity contribution is 5.93. The smallest absolute Gasteiger partial charge is 0.356 e. The predicted octanol–water partition coefficient (Wildman–Crippen LogP) is 1.87. The van der Waals surface area contributed by atoms with Crippen LogP contribution < -0.4 is 0 Å². The molecule has 0 aliphatic heterocycles. The van der Waals surface area contributed by atoms with Crippen LogP contribution in [0.15, 0.2) is 24.3 Å². The molecule has 1 aromatic carbocycles. The average Bonchev–Trinajstić information content (AvgIpc) is 2.27. The summed E-state index contributed by atoms with van der Waals surface area (Å²) in [5, 5.41) is 10.0. The summed E-state index contributed by atoms with van der Waals surface area (Å²) < 4.78 is 17.4. The molecule has 0 aliphatic carbocycles. The molecule has 0 aliphatic rings. The first-order valence-electron chi connectivity index (χ1n) is 4.49. The zero-order valence-corrected chi connectivity index (χ0v) is 8.40.